The van der Waals surface area contributed by atoms with Crippen LogP contribution in [0.1, 0.15) is 28.8 Å². The van der Waals surface area contributed by atoms with Gasteiger partial charge in [-0.15, -0.1) is 0 Å². The third-order valence-corrected chi connectivity index (χ3v) is 5.62. The lowest BCUT2D eigenvalue weighted by Gasteiger charge is -2.26. The van der Waals surface area contributed by atoms with Crippen LogP contribution in [0.4, 0.5) is 18.0 Å². The molecule has 1 heterocycles. The Hall–Kier alpha value is -3.23. The van der Waals surface area contributed by atoms with Gasteiger partial charge in [0.05, 0.1) is 24.3 Å². The van der Waals surface area contributed by atoms with Crippen molar-refractivity contribution in [2.75, 3.05) is 13.1 Å². The van der Waals surface area contributed by atoms with E-state index in [9.17, 15) is 23.1 Å². The lowest BCUT2D eigenvalue weighted by molar-refractivity contribution is -0.137. The van der Waals surface area contributed by atoms with Crippen molar-refractivity contribution in [1.29, 1.82) is 0 Å². The lowest BCUT2D eigenvalue weighted by Crippen LogP contribution is -2.33. The molecule has 33 heavy (non-hydrogen) atoms. The fourth-order valence-corrected chi connectivity index (χ4v) is 3.78. The number of nitrogens with zero attached hydrogens (tertiary/aromatic N) is 1. The second-order valence-electron chi connectivity index (χ2n) is 7.62. The minimum absolute atomic E-state index is 0.0792. The van der Waals surface area contributed by atoms with Crippen molar-refractivity contribution in [2.24, 2.45) is 0 Å². The Balaban J connectivity index is 1.46. The predicted molar refractivity (Wildman–Crippen MR) is 117 cm³/mol. The number of aliphatic hydroxyl groups excluding tert-OH is 1. The summed E-state index contributed by atoms with van der Waals surface area (Å²) in [6.45, 7) is 0.0743. The van der Waals surface area contributed by atoms with Gasteiger partial charge < -0.3 is 20.1 Å². The summed E-state index contributed by atoms with van der Waals surface area (Å²) in [6, 6.07) is 17.4. The maximum absolute atomic E-state index is 13.1. The highest BCUT2D eigenvalue weighted by Gasteiger charge is 2.36. The fourth-order valence-electron chi connectivity index (χ4n) is 3.66. The summed E-state index contributed by atoms with van der Waals surface area (Å²) in [5, 5.41) is 13.9. The number of alkyl halides is 3. The number of rotatable bonds is 6. The average Bonchev–Trinajstić information content (AvgIpc) is 3.15. The summed E-state index contributed by atoms with van der Waals surface area (Å²) < 4.78 is 45.0. The molecular weight excluding hydrogens is 457 g/mol. The fraction of sp³-hybridized carbons (Fsp3) is 0.208. The van der Waals surface area contributed by atoms with E-state index >= 15 is 0 Å². The summed E-state index contributed by atoms with van der Waals surface area (Å²) in [5.41, 5.74) is 0.110. The largest absolute Gasteiger partial charge is 0.457 e. The van der Waals surface area contributed by atoms with E-state index < -0.39 is 29.9 Å². The predicted octanol–water partition coefficient (Wildman–Crippen LogP) is 5.95. The maximum Gasteiger partial charge on any atom is 0.416 e. The second kappa shape index (κ2) is 9.33. The average molecular weight is 477 g/mol. The van der Waals surface area contributed by atoms with E-state index in [0.29, 0.717) is 27.6 Å². The Labute approximate surface area is 193 Å². The van der Waals surface area contributed by atoms with Gasteiger partial charge in [-0.25, -0.2) is 4.79 Å². The Morgan fingerprint density at radius 3 is 2.33 bits per heavy atom. The highest BCUT2D eigenvalue weighted by Crippen LogP contribution is 2.34. The van der Waals surface area contributed by atoms with Crippen LogP contribution in [-0.4, -0.2) is 29.1 Å². The molecule has 3 aromatic rings. The molecule has 2 unspecified atom stereocenters. The molecular formula is C24H20ClF3N2O3. The molecule has 5 nitrogen and oxygen atoms in total. The molecule has 0 saturated carbocycles. The van der Waals surface area contributed by atoms with Crippen molar-refractivity contribution in [3.63, 3.8) is 0 Å². The number of aliphatic hydroxyl groups is 1. The van der Waals surface area contributed by atoms with E-state index in [4.69, 9.17) is 16.3 Å². The van der Waals surface area contributed by atoms with Gasteiger partial charge in [0.1, 0.15) is 11.5 Å². The standard InChI is InChI=1S/C24H20ClF3N2O3/c25-18-6-10-20(11-7-18)33-19-8-4-15(5-9-19)22(31)14-30-21(13-29-23(30)32)16-2-1-3-17(12-16)24(26,27)28/h1-12,21-22,31H,13-14H2,(H,29,32). The number of nitrogens with one attached hydrogen (secondary N) is 1. The van der Waals surface area contributed by atoms with Crippen LogP contribution in [0.3, 0.4) is 0 Å². The van der Waals surface area contributed by atoms with E-state index in [1.807, 2.05) is 0 Å². The van der Waals surface area contributed by atoms with Gasteiger partial charge in [0, 0.05) is 11.6 Å². The molecule has 1 saturated heterocycles. The Kier molecular flexibility index (Phi) is 6.49. The molecule has 0 spiro atoms. The number of hydrogen-bond acceptors (Lipinski definition) is 3. The molecule has 1 fully saturated rings. The van der Waals surface area contributed by atoms with E-state index in [0.717, 1.165) is 12.1 Å². The van der Waals surface area contributed by atoms with Gasteiger partial charge in [-0.3, -0.25) is 0 Å². The van der Waals surface area contributed by atoms with Gasteiger partial charge in [0.25, 0.3) is 0 Å². The molecule has 0 aliphatic carbocycles. The molecule has 0 aromatic heterocycles. The van der Waals surface area contributed by atoms with Crippen LogP contribution >= 0.6 is 11.6 Å². The van der Waals surface area contributed by atoms with Crippen LogP contribution in [0, 0.1) is 0 Å². The molecule has 1 aliphatic heterocycles. The van der Waals surface area contributed by atoms with Gasteiger partial charge in [0.2, 0.25) is 0 Å². The first-order valence-electron chi connectivity index (χ1n) is 10.1. The summed E-state index contributed by atoms with van der Waals surface area (Å²) in [7, 11) is 0. The molecule has 2 N–H and O–H groups in total. The molecule has 3 aromatic carbocycles. The normalized spacial score (nSPS) is 17.1. The number of benzene rings is 3. The van der Waals surface area contributed by atoms with Gasteiger partial charge in [-0.2, -0.15) is 13.2 Å². The Morgan fingerprint density at radius 1 is 1.06 bits per heavy atom. The van der Waals surface area contributed by atoms with Crippen molar-refractivity contribution in [1.82, 2.24) is 10.2 Å². The van der Waals surface area contributed by atoms with Crippen molar-refractivity contribution in [3.8, 4) is 11.5 Å². The van der Waals surface area contributed by atoms with Crippen molar-refractivity contribution < 1.29 is 27.8 Å². The molecule has 0 radical (unpaired) electrons. The Morgan fingerprint density at radius 2 is 1.70 bits per heavy atom. The molecule has 1 aliphatic rings. The summed E-state index contributed by atoms with van der Waals surface area (Å²) in [5.74, 6) is 1.15. The van der Waals surface area contributed by atoms with E-state index in [1.54, 1.807) is 54.6 Å². The first kappa shape index (κ1) is 22.9. The van der Waals surface area contributed by atoms with Gasteiger partial charge >= 0.3 is 12.2 Å². The zero-order chi connectivity index (χ0) is 23.6. The minimum Gasteiger partial charge on any atom is -0.457 e. The molecule has 172 valence electrons. The smallest absolute Gasteiger partial charge is 0.416 e. The number of carbonyl (C=O) groups excluding carboxylic acids is 1. The summed E-state index contributed by atoms with van der Waals surface area (Å²) in [4.78, 5) is 13.7. The van der Waals surface area contributed by atoms with Crippen LogP contribution in [-0.2, 0) is 6.18 Å². The third-order valence-electron chi connectivity index (χ3n) is 5.37. The van der Waals surface area contributed by atoms with Crippen LogP contribution in [0.25, 0.3) is 0 Å². The third kappa shape index (κ3) is 5.40. The van der Waals surface area contributed by atoms with E-state index in [1.165, 1.54) is 11.0 Å². The molecule has 2 amide bonds. The van der Waals surface area contributed by atoms with Crippen LogP contribution in [0.2, 0.25) is 5.02 Å². The SMILES string of the molecule is O=C1NCC(c2cccc(C(F)(F)F)c2)N1CC(O)c1ccc(Oc2ccc(Cl)cc2)cc1. The minimum atomic E-state index is -4.48. The monoisotopic (exact) mass is 476 g/mol. The zero-order valence-electron chi connectivity index (χ0n) is 17.2. The topological polar surface area (TPSA) is 61.8 Å². The number of ether oxygens (including phenoxy) is 1. The number of β-amino-alcohol motifs (C(OH)–C–C–N with tert-alkyl or cyclic N) is 1. The maximum atomic E-state index is 13.1. The highest BCUT2D eigenvalue weighted by atomic mass is 35.5. The van der Waals surface area contributed by atoms with E-state index in [-0.39, 0.29) is 13.1 Å². The molecule has 2 atom stereocenters. The first-order valence-corrected chi connectivity index (χ1v) is 10.5. The summed E-state index contributed by atoms with van der Waals surface area (Å²) >= 11 is 5.86. The highest BCUT2D eigenvalue weighted by molar-refractivity contribution is 6.30. The number of halogens is 4. The van der Waals surface area contributed by atoms with Crippen LogP contribution in [0.15, 0.2) is 72.8 Å². The van der Waals surface area contributed by atoms with Gasteiger partial charge in [0.15, 0.2) is 0 Å². The van der Waals surface area contributed by atoms with Gasteiger partial charge in [-0.1, -0.05) is 35.9 Å². The second-order valence-corrected chi connectivity index (χ2v) is 8.05. The van der Waals surface area contributed by atoms with Crippen LogP contribution < -0.4 is 10.1 Å². The number of amides is 2. The van der Waals surface area contributed by atoms with Crippen molar-refractivity contribution >= 4 is 17.6 Å². The van der Waals surface area contributed by atoms with Crippen molar-refractivity contribution in [2.45, 2.75) is 18.3 Å². The number of hydrogen-bond donors (Lipinski definition) is 2. The molecule has 9 heteroatoms. The molecule has 4 rings (SSSR count). The van der Waals surface area contributed by atoms with Crippen molar-refractivity contribution in [3.05, 3.63) is 94.5 Å². The first-order chi connectivity index (χ1) is 15.7. The number of urea groups is 1. The van der Waals surface area contributed by atoms with E-state index in [2.05, 4.69) is 5.32 Å². The number of carbonyl (C=O) groups is 1. The Bertz CT molecular complexity index is 1120. The van der Waals surface area contributed by atoms with Gasteiger partial charge in [-0.05, 0) is 59.7 Å². The lowest BCUT2D eigenvalue weighted by atomic mass is 10.0. The van der Waals surface area contributed by atoms with Crippen LogP contribution in [0.5, 0.6) is 11.5 Å². The molecule has 0 bridgehead atoms. The quantitative estimate of drug-likeness (QED) is 0.462. The zero-order valence-corrected chi connectivity index (χ0v) is 18.0. The summed E-state index contributed by atoms with van der Waals surface area (Å²) in [6.07, 6.45) is -5.52.